The maximum atomic E-state index is 12.5. The molecule has 0 spiro atoms. The van der Waals surface area contributed by atoms with Crippen LogP contribution in [0.4, 0.5) is 0 Å². The number of esters is 4. The van der Waals surface area contributed by atoms with Gasteiger partial charge in [-0.25, -0.2) is 28.5 Å². The molecule has 0 radical (unpaired) electrons. The van der Waals surface area contributed by atoms with Crippen molar-refractivity contribution in [2.45, 2.75) is 40.8 Å². The van der Waals surface area contributed by atoms with E-state index in [1.807, 2.05) is 0 Å². The number of carbonyl (C=O) groups excluding carboxylic acids is 4. The first-order valence-corrected chi connectivity index (χ1v) is 12.0. The number of rotatable bonds is 12. The van der Waals surface area contributed by atoms with Crippen LogP contribution < -0.4 is 0 Å². The largest absolute Gasteiger partial charge is 0.461 e. The molecular weight excluding hydrogens is 500 g/mol. The van der Waals surface area contributed by atoms with Gasteiger partial charge in [-0.15, -0.1) is 10.2 Å². The first kappa shape index (κ1) is 28.0. The Labute approximate surface area is 217 Å². The van der Waals surface area contributed by atoms with Crippen molar-refractivity contribution in [2.75, 3.05) is 26.4 Å². The molecule has 14 nitrogen and oxygen atoms in total. The van der Waals surface area contributed by atoms with Crippen molar-refractivity contribution < 1.29 is 38.1 Å². The summed E-state index contributed by atoms with van der Waals surface area (Å²) in [4.78, 5) is 49.5. The van der Waals surface area contributed by atoms with E-state index < -0.39 is 23.9 Å². The van der Waals surface area contributed by atoms with E-state index in [0.29, 0.717) is 0 Å². The summed E-state index contributed by atoms with van der Waals surface area (Å²) in [6.07, 6.45) is 0. The third kappa shape index (κ3) is 6.38. The molecule has 2 heterocycles. The Kier molecular flexibility index (Phi) is 9.62. The molecule has 0 bridgehead atoms. The van der Waals surface area contributed by atoms with Gasteiger partial charge in [0.1, 0.15) is 0 Å². The molecule has 2 aromatic heterocycles. The normalized spacial score (nSPS) is 10.6. The van der Waals surface area contributed by atoms with Crippen LogP contribution in [0.5, 0.6) is 0 Å². The number of nitrogens with zero attached hydrogens (tertiary/aromatic N) is 6. The number of carbonyl (C=O) groups is 4. The number of aromatic nitrogens is 6. The molecule has 3 aromatic rings. The highest BCUT2D eigenvalue weighted by molar-refractivity contribution is 6.01. The number of hydrogen-bond donors (Lipinski definition) is 0. The Balaban J connectivity index is 1.84. The van der Waals surface area contributed by atoms with Gasteiger partial charge in [-0.1, -0.05) is 34.7 Å². The van der Waals surface area contributed by atoms with E-state index in [9.17, 15) is 19.2 Å². The van der Waals surface area contributed by atoms with Gasteiger partial charge in [-0.2, -0.15) is 0 Å². The molecule has 0 unspecified atom stereocenters. The lowest BCUT2D eigenvalue weighted by Gasteiger charge is -2.09. The molecule has 0 N–H and O–H groups in total. The van der Waals surface area contributed by atoms with Gasteiger partial charge >= 0.3 is 23.9 Å². The van der Waals surface area contributed by atoms with Crippen molar-refractivity contribution in [2.24, 2.45) is 0 Å². The Morgan fingerprint density at radius 1 is 0.579 bits per heavy atom. The van der Waals surface area contributed by atoms with E-state index in [-0.39, 0.29) is 62.3 Å². The predicted molar refractivity (Wildman–Crippen MR) is 129 cm³/mol. The van der Waals surface area contributed by atoms with E-state index in [2.05, 4.69) is 20.6 Å². The van der Waals surface area contributed by atoms with Gasteiger partial charge in [0.15, 0.2) is 11.4 Å². The smallest absolute Gasteiger partial charge is 0.361 e. The SMILES string of the molecule is CCOC(=O)c1nnn(Cc2ccc(Cn3nnc(C(=O)OCC)c3C(=O)OCC)cc2)c1C(=O)OCC. The quantitative estimate of drug-likeness (QED) is 0.247. The fraction of sp³-hybridized carbons (Fsp3) is 0.417. The summed E-state index contributed by atoms with van der Waals surface area (Å²) in [6, 6.07) is 7.07. The van der Waals surface area contributed by atoms with Crippen LogP contribution in [0.1, 0.15) is 80.8 Å². The lowest BCUT2D eigenvalue weighted by Crippen LogP contribution is -2.19. The second-order valence-electron chi connectivity index (χ2n) is 7.59. The lowest BCUT2D eigenvalue weighted by atomic mass is 10.1. The maximum absolute atomic E-state index is 12.5. The van der Waals surface area contributed by atoms with E-state index >= 15 is 0 Å². The second kappa shape index (κ2) is 13.1. The average molecular weight is 529 g/mol. The molecule has 0 aliphatic carbocycles. The Hall–Kier alpha value is -4.62. The van der Waals surface area contributed by atoms with E-state index in [1.54, 1.807) is 52.0 Å². The highest BCUT2D eigenvalue weighted by Gasteiger charge is 2.29. The summed E-state index contributed by atoms with van der Waals surface area (Å²) < 4.78 is 22.6. The van der Waals surface area contributed by atoms with Crippen LogP contribution in [0.25, 0.3) is 0 Å². The van der Waals surface area contributed by atoms with Crippen LogP contribution in [0, 0.1) is 0 Å². The van der Waals surface area contributed by atoms with Crippen LogP contribution in [0.3, 0.4) is 0 Å². The standard InChI is InChI=1S/C24H28N6O8/c1-5-35-21(31)17-19(23(33)37-7-3)29(27-25-17)13-15-9-11-16(12-10-15)14-30-20(24(34)38-8-4)18(26-28-30)22(32)36-6-2/h9-12H,5-8,13-14H2,1-4H3. The molecule has 3 rings (SSSR count). The van der Waals surface area contributed by atoms with Crippen molar-refractivity contribution in [3.05, 3.63) is 58.2 Å². The Bertz CT molecular complexity index is 1200. The zero-order chi connectivity index (χ0) is 27.7. The molecule has 0 amide bonds. The minimum absolute atomic E-state index is 0.106. The molecule has 202 valence electrons. The fourth-order valence-corrected chi connectivity index (χ4v) is 3.42. The second-order valence-corrected chi connectivity index (χ2v) is 7.59. The number of hydrogen-bond acceptors (Lipinski definition) is 12. The highest BCUT2D eigenvalue weighted by Crippen LogP contribution is 2.16. The minimum atomic E-state index is -0.774. The summed E-state index contributed by atoms with van der Waals surface area (Å²) >= 11 is 0. The molecular formula is C24H28N6O8. The van der Waals surface area contributed by atoms with Crippen LogP contribution >= 0.6 is 0 Å². The fourth-order valence-electron chi connectivity index (χ4n) is 3.42. The Morgan fingerprint density at radius 3 is 1.21 bits per heavy atom. The van der Waals surface area contributed by atoms with Crippen molar-refractivity contribution in [1.82, 2.24) is 30.0 Å². The van der Waals surface area contributed by atoms with E-state index in [1.165, 1.54) is 9.36 Å². The molecule has 38 heavy (non-hydrogen) atoms. The third-order valence-electron chi connectivity index (χ3n) is 5.03. The van der Waals surface area contributed by atoms with Crippen LogP contribution in [0.2, 0.25) is 0 Å². The summed E-state index contributed by atoms with van der Waals surface area (Å²) in [7, 11) is 0. The molecule has 0 atom stereocenters. The third-order valence-corrected chi connectivity index (χ3v) is 5.03. The summed E-state index contributed by atoms with van der Waals surface area (Å²) in [5, 5.41) is 15.5. The minimum Gasteiger partial charge on any atom is -0.461 e. The monoisotopic (exact) mass is 528 g/mol. The summed E-state index contributed by atoms with van der Waals surface area (Å²) in [6.45, 7) is 7.24. The van der Waals surface area contributed by atoms with Gasteiger partial charge in [0.25, 0.3) is 0 Å². The first-order chi connectivity index (χ1) is 18.3. The number of benzene rings is 1. The lowest BCUT2D eigenvalue weighted by molar-refractivity contribution is 0.0467. The van der Waals surface area contributed by atoms with Crippen molar-refractivity contribution in [3.8, 4) is 0 Å². The molecule has 1 aromatic carbocycles. The Morgan fingerprint density at radius 2 is 0.895 bits per heavy atom. The molecule has 0 saturated heterocycles. The van der Waals surface area contributed by atoms with Crippen LogP contribution in [0.15, 0.2) is 24.3 Å². The van der Waals surface area contributed by atoms with Crippen molar-refractivity contribution in [3.63, 3.8) is 0 Å². The molecule has 14 heteroatoms. The zero-order valence-electron chi connectivity index (χ0n) is 21.5. The van der Waals surface area contributed by atoms with Crippen molar-refractivity contribution in [1.29, 1.82) is 0 Å². The molecule has 0 aliphatic rings. The van der Waals surface area contributed by atoms with Crippen molar-refractivity contribution >= 4 is 23.9 Å². The maximum Gasteiger partial charge on any atom is 0.361 e. The average Bonchev–Trinajstić information content (AvgIpc) is 3.50. The van der Waals surface area contributed by atoms with Gasteiger partial charge < -0.3 is 18.9 Å². The predicted octanol–water partition coefficient (Wildman–Crippen LogP) is 1.67. The van der Waals surface area contributed by atoms with E-state index in [4.69, 9.17) is 18.9 Å². The van der Waals surface area contributed by atoms with Gasteiger partial charge in [-0.3, -0.25) is 0 Å². The van der Waals surface area contributed by atoms with Gasteiger partial charge in [-0.05, 0) is 38.8 Å². The van der Waals surface area contributed by atoms with Crippen LogP contribution in [-0.2, 0) is 32.0 Å². The van der Waals surface area contributed by atoms with E-state index in [0.717, 1.165) is 11.1 Å². The summed E-state index contributed by atoms with van der Waals surface area (Å²) in [5.74, 6) is -3.03. The van der Waals surface area contributed by atoms with Gasteiger partial charge in [0.05, 0.1) is 39.5 Å². The molecule has 0 fully saturated rings. The molecule has 0 aliphatic heterocycles. The zero-order valence-corrected chi connectivity index (χ0v) is 21.5. The highest BCUT2D eigenvalue weighted by atomic mass is 16.5. The molecule has 0 saturated carbocycles. The number of ether oxygens (including phenoxy) is 4. The summed E-state index contributed by atoms with van der Waals surface area (Å²) in [5.41, 5.74) is 0.797. The van der Waals surface area contributed by atoms with Gasteiger partial charge in [0, 0.05) is 0 Å². The van der Waals surface area contributed by atoms with Crippen LogP contribution in [-0.4, -0.2) is 80.3 Å². The first-order valence-electron chi connectivity index (χ1n) is 12.0. The van der Waals surface area contributed by atoms with Gasteiger partial charge in [0.2, 0.25) is 11.4 Å². The topological polar surface area (TPSA) is 167 Å².